The molecule has 0 amide bonds. The number of nitrogens with zero attached hydrogens (tertiary/aromatic N) is 1. The molecule has 0 radical (unpaired) electrons. The summed E-state index contributed by atoms with van der Waals surface area (Å²) in [4.78, 5) is 16.1. The van der Waals surface area contributed by atoms with Crippen molar-refractivity contribution in [3.8, 4) is 5.88 Å². The molecule has 0 N–H and O–H groups in total. The molecular formula is C21H32BNO5. The quantitative estimate of drug-likeness (QED) is 0.550. The second-order valence-electron chi connectivity index (χ2n) is 8.79. The highest BCUT2D eigenvalue weighted by atomic mass is 16.7. The fourth-order valence-corrected chi connectivity index (χ4v) is 3.66. The molecule has 1 saturated carbocycles. The first-order valence-electron chi connectivity index (χ1n) is 10.3. The second kappa shape index (κ2) is 8.41. The predicted molar refractivity (Wildman–Crippen MR) is 108 cm³/mol. The fourth-order valence-electron chi connectivity index (χ4n) is 3.66. The van der Waals surface area contributed by atoms with Crippen molar-refractivity contribution in [2.45, 2.75) is 84.0 Å². The van der Waals surface area contributed by atoms with E-state index in [9.17, 15) is 4.79 Å². The average Bonchev–Trinajstić information content (AvgIpc) is 2.85. The molecule has 1 aliphatic heterocycles. The summed E-state index contributed by atoms with van der Waals surface area (Å²) < 4.78 is 23.2. The minimum absolute atomic E-state index is 0.0909. The van der Waals surface area contributed by atoms with Gasteiger partial charge in [-0.05, 0) is 72.3 Å². The van der Waals surface area contributed by atoms with Gasteiger partial charge in [0.25, 0.3) is 0 Å². The number of aromatic nitrogens is 1. The van der Waals surface area contributed by atoms with Crippen LogP contribution < -0.4 is 10.2 Å². The van der Waals surface area contributed by atoms with Gasteiger partial charge in [0, 0.05) is 18.1 Å². The lowest BCUT2D eigenvalue weighted by Crippen LogP contribution is -2.41. The molecule has 6 nitrogen and oxygen atoms in total. The van der Waals surface area contributed by atoms with E-state index < -0.39 is 7.12 Å². The lowest BCUT2D eigenvalue weighted by Gasteiger charge is -2.32. The number of carbonyl (C=O) groups excluding carboxylic acids is 1. The molecule has 3 rings (SSSR count). The summed E-state index contributed by atoms with van der Waals surface area (Å²) in [6.45, 7) is 10.4. The van der Waals surface area contributed by atoms with E-state index >= 15 is 0 Å². The first-order chi connectivity index (χ1) is 13.2. The lowest BCUT2D eigenvalue weighted by atomic mass is 9.80. The Balaban J connectivity index is 1.49. The van der Waals surface area contributed by atoms with E-state index in [4.69, 9.17) is 18.8 Å². The van der Waals surface area contributed by atoms with Crippen molar-refractivity contribution >= 4 is 18.6 Å². The molecule has 154 valence electrons. The van der Waals surface area contributed by atoms with E-state index in [-0.39, 0.29) is 23.3 Å². The smallest absolute Gasteiger partial charge is 0.474 e. The minimum Gasteiger partial charge on any atom is -0.474 e. The van der Waals surface area contributed by atoms with Gasteiger partial charge in [0.2, 0.25) is 5.88 Å². The summed E-state index contributed by atoms with van der Waals surface area (Å²) >= 11 is 0. The molecule has 1 aromatic rings. The van der Waals surface area contributed by atoms with Crippen molar-refractivity contribution in [2.75, 3.05) is 6.61 Å². The molecule has 28 heavy (non-hydrogen) atoms. The molecule has 2 heterocycles. The monoisotopic (exact) mass is 389 g/mol. The van der Waals surface area contributed by atoms with Crippen LogP contribution in [-0.2, 0) is 18.8 Å². The van der Waals surface area contributed by atoms with Crippen LogP contribution in [-0.4, -0.2) is 42.0 Å². The van der Waals surface area contributed by atoms with Crippen molar-refractivity contribution in [1.29, 1.82) is 0 Å². The largest absolute Gasteiger partial charge is 0.496 e. The summed E-state index contributed by atoms with van der Waals surface area (Å²) in [6.07, 6.45) is 6.26. The summed E-state index contributed by atoms with van der Waals surface area (Å²) in [5.74, 6) is 0.929. The summed E-state index contributed by atoms with van der Waals surface area (Å²) in [7, 11) is -0.412. The molecule has 1 aromatic heterocycles. The number of pyridine rings is 1. The van der Waals surface area contributed by atoms with Crippen LogP contribution >= 0.6 is 0 Å². The van der Waals surface area contributed by atoms with Crippen LogP contribution in [0.3, 0.4) is 0 Å². The maximum Gasteiger partial charge on any atom is 0.496 e. The van der Waals surface area contributed by atoms with Crippen molar-refractivity contribution in [2.24, 2.45) is 5.92 Å². The molecule has 0 aromatic carbocycles. The molecule has 2 aliphatic rings. The van der Waals surface area contributed by atoms with Crippen molar-refractivity contribution in [3.63, 3.8) is 0 Å². The lowest BCUT2D eigenvalue weighted by molar-refractivity contribution is -0.144. The highest BCUT2D eigenvalue weighted by Crippen LogP contribution is 2.36. The third-order valence-corrected chi connectivity index (χ3v) is 6.13. The van der Waals surface area contributed by atoms with Gasteiger partial charge in [0.05, 0.1) is 17.8 Å². The van der Waals surface area contributed by atoms with Crippen molar-refractivity contribution in [3.05, 3.63) is 18.3 Å². The first-order valence-corrected chi connectivity index (χ1v) is 10.3. The Kier molecular flexibility index (Phi) is 6.35. The van der Waals surface area contributed by atoms with Gasteiger partial charge in [-0.2, -0.15) is 0 Å². The van der Waals surface area contributed by atoms with Gasteiger partial charge in [-0.1, -0.05) is 6.07 Å². The zero-order chi connectivity index (χ0) is 20.4. The Morgan fingerprint density at radius 2 is 1.79 bits per heavy atom. The molecular weight excluding hydrogens is 357 g/mol. The number of ether oxygens (including phenoxy) is 2. The number of carbonyl (C=O) groups is 1. The predicted octanol–water partition coefficient (Wildman–Crippen LogP) is 3.27. The van der Waals surface area contributed by atoms with Gasteiger partial charge in [-0.3, -0.25) is 4.79 Å². The Morgan fingerprint density at radius 3 is 2.32 bits per heavy atom. The average molecular weight is 389 g/mol. The molecule has 0 unspecified atom stereocenters. The van der Waals surface area contributed by atoms with Crippen molar-refractivity contribution in [1.82, 2.24) is 4.98 Å². The topological polar surface area (TPSA) is 66.9 Å². The second-order valence-corrected chi connectivity index (χ2v) is 8.79. The third-order valence-electron chi connectivity index (χ3n) is 6.13. The Hall–Kier alpha value is -1.60. The van der Waals surface area contributed by atoms with E-state index in [2.05, 4.69) is 4.98 Å². The van der Waals surface area contributed by atoms with E-state index in [0.29, 0.717) is 24.8 Å². The maximum atomic E-state index is 11.6. The summed E-state index contributed by atoms with van der Waals surface area (Å²) in [5, 5.41) is 0. The van der Waals surface area contributed by atoms with Crippen LogP contribution in [0.25, 0.3) is 0 Å². The van der Waals surface area contributed by atoms with Crippen LogP contribution in [0.2, 0.25) is 0 Å². The standard InChI is InChI=1S/C21H32BNO5/c1-6-25-19(24)13-15-7-10-17(11-8-15)26-18-12-9-16(14-23-18)22-27-20(2,3)21(4,5)28-22/h9,12,14-15,17H,6-8,10-11,13H2,1-5H3. The highest BCUT2D eigenvalue weighted by molar-refractivity contribution is 6.62. The van der Waals surface area contributed by atoms with Gasteiger partial charge in [0.1, 0.15) is 6.10 Å². The van der Waals surface area contributed by atoms with Gasteiger partial charge >= 0.3 is 13.1 Å². The third kappa shape index (κ3) is 4.87. The van der Waals surface area contributed by atoms with Crippen LogP contribution in [0, 0.1) is 5.92 Å². The zero-order valence-electron chi connectivity index (χ0n) is 17.7. The van der Waals surface area contributed by atoms with Gasteiger partial charge in [-0.25, -0.2) is 4.98 Å². The Bertz CT molecular complexity index is 652. The number of hydrogen-bond acceptors (Lipinski definition) is 6. The van der Waals surface area contributed by atoms with Crippen LogP contribution in [0.5, 0.6) is 5.88 Å². The molecule has 1 saturated heterocycles. The zero-order valence-corrected chi connectivity index (χ0v) is 17.7. The maximum absolute atomic E-state index is 11.6. The molecule has 0 bridgehead atoms. The van der Waals surface area contributed by atoms with Crippen LogP contribution in [0.4, 0.5) is 0 Å². The number of rotatable bonds is 6. The molecule has 7 heteroatoms. The molecule has 0 spiro atoms. The van der Waals surface area contributed by atoms with Crippen molar-refractivity contribution < 1.29 is 23.6 Å². The van der Waals surface area contributed by atoms with Gasteiger partial charge in [0.15, 0.2) is 0 Å². The highest BCUT2D eigenvalue weighted by Gasteiger charge is 2.51. The Morgan fingerprint density at radius 1 is 1.14 bits per heavy atom. The number of hydrogen-bond donors (Lipinski definition) is 0. The normalized spacial score (nSPS) is 26.1. The van der Waals surface area contributed by atoms with Gasteiger partial charge in [-0.15, -0.1) is 0 Å². The number of esters is 1. The summed E-state index contributed by atoms with van der Waals surface area (Å²) in [6, 6.07) is 3.84. The fraction of sp³-hybridized carbons (Fsp3) is 0.714. The molecule has 0 atom stereocenters. The first kappa shape index (κ1) is 21.1. The van der Waals surface area contributed by atoms with E-state index in [1.807, 2.05) is 46.8 Å². The molecule has 1 aliphatic carbocycles. The van der Waals surface area contributed by atoms with E-state index in [1.54, 1.807) is 6.20 Å². The van der Waals surface area contributed by atoms with E-state index in [0.717, 1.165) is 31.1 Å². The van der Waals surface area contributed by atoms with E-state index in [1.165, 1.54) is 0 Å². The van der Waals surface area contributed by atoms with Crippen LogP contribution in [0.1, 0.15) is 66.7 Å². The summed E-state index contributed by atoms with van der Waals surface area (Å²) in [5.41, 5.74) is 0.161. The SMILES string of the molecule is CCOC(=O)CC1CCC(Oc2ccc(B3OC(C)(C)C(C)(C)O3)cn2)CC1. The Labute approximate surface area is 168 Å². The van der Waals surface area contributed by atoms with Crippen LogP contribution in [0.15, 0.2) is 18.3 Å². The minimum atomic E-state index is -0.412. The van der Waals surface area contributed by atoms with Gasteiger partial charge < -0.3 is 18.8 Å². The molecule has 2 fully saturated rings.